The Kier molecular flexibility index (Phi) is 6.95. The van der Waals surface area contributed by atoms with Gasteiger partial charge in [-0.1, -0.05) is 16.5 Å². The molecule has 1 aliphatic carbocycles. The fraction of sp³-hybridized carbons (Fsp3) is 0.375. The Morgan fingerprint density at radius 3 is 2.85 bits per heavy atom. The van der Waals surface area contributed by atoms with Crippen LogP contribution in [-0.4, -0.2) is 77.2 Å². The molecule has 0 unspecified atom stereocenters. The lowest BCUT2D eigenvalue weighted by Crippen LogP contribution is -2.71. The minimum atomic E-state index is -1.35. The number of aryl methyl sites for hydroxylation is 2. The minimum Gasteiger partial charge on any atom is -0.478 e. The predicted octanol–water partition coefficient (Wildman–Crippen LogP) is 0.448. The fourth-order valence-electron chi connectivity index (χ4n) is 5.01. The maximum Gasteiger partial charge on any atom is 0.352 e. The summed E-state index contributed by atoms with van der Waals surface area (Å²) < 4.78 is 4.09. The SMILES string of the molecule is C[C@H](O/N=C(\C(=O)N[C@@H]1C(=O)N2C(C(=O)O)=C(C[n+]3cc4sc5c(n4c3)CCC5)CS[C@H]12)c1csc(N)n1)C(=O)O. The third kappa shape index (κ3) is 4.82. The molecule has 14 nitrogen and oxygen atoms in total. The first kappa shape index (κ1) is 27.2. The average Bonchev–Trinajstić information content (AvgIpc) is 3.70. The van der Waals surface area contributed by atoms with E-state index in [1.54, 1.807) is 11.3 Å². The number of aliphatic carboxylic acids is 2. The van der Waals surface area contributed by atoms with Crippen molar-refractivity contribution in [2.45, 2.75) is 50.3 Å². The van der Waals surface area contributed by atoms with Crippen LogP contribution in [-0.2, 0) is 43.4 Å². The Labute approximate surface area is 244 Å². The van der Waals surface area contributed by atoms with Crippen LogP contribution in [0.25, 0.3) is 4.83 Å². The first-order valence-corrected chi connectivity index (χ1v) is 15.3. The number of anilines is 1. The quantitative estimate of drug-likeness (QED) is 0.113. The van der Waals surface area contributed by atoms with Gasteiger partial charge in [0.25, 0.3) is 11.8 Å². The zero-order valence-corrected chi connectivity index (χ0v) is 23.9. The number of nitrogens with zero attached hydrogens (tertiary/aromatic N) is 5. The summed E-state index contributed by atoms with van der Waals surface area (Å²) in [4.78, 5) is 62.5. The maximum absolute atomic E-state index is 13.2. The Morgan fingerprint density at radius 2 is 2.15 bits per heavy atom. The number of rotatable bonds is 9. The molecule has 3 aromatic heterocycles. The third-order valence-corrected chi connectivity index (χ3v) is 10.2. The van der Waals surface area contributed by atoms with Crippen LogP contribution < -0.4 is 15.6 Å². The van der Waals surface area contributed by atoms with Crippen molar-refractivity contribution in [2.24, 2.45) is 5.16 Å². The molecule has 3 atom stereocenters. The summed E-state index contributed by atoms with van der Waals surface area (Å²) in [7, 11) is 0. The monoisotopic (exact) mass is 618 g/mol. The van der Waals surface area contributed by atoms with Gasteiger partial charge in [0, 0.05) is 23.1 Å². The van der Waals surface area contributed by atoms with Crippen molar-refractivity contribution in [1.29, 1.82) is 0 Å². The molecule has 3 aliphatic rings. The standard InChI is InChI=1S/C24H23N7O7S3/c1-10(22(34)35)38-28-16(12-8-40-24(25)26-12)19(32)27-17-20(33)31-18(23(36)37)11(7-39-21(17)31)5-29-6-15-30(9-29)13-3-2-4-14(13)41-15/h6,8-10,17,21H,2-5,7H2,1H3,(H4-,25,26,27,32,34,35,36,37)/p+1/b28-16-/t10-,17+,21+/m0/s1. The molecule has 17 heteroatoms. The zero-order valence-electron chi connectivity index (χ0n) is 21.5. The van der Waals surface area contributed by atoms with Gasteiger partial charge >= 0.3 is 11.9 Å². The van der Waals surface area contributed by atoms with Gasteiger partial charge in [-0.15, -0.1) is 23.1 Å². The van der Waals surface area contributed by atoms with Crippen LogP contribution >= 0.6 is 34.4 Å². The fourth-order valence-corrected chi connectivity index (χ4v) is 8.15. The summed E-state index contributed by atoms with van der Waals surface area (Å²) in [5, 5.41) is 26.3. The van der Waals surface area contributed by atoms with Gasteiger partial charge in [0.2, 0.25) is 17.3 Å². The number of nitrogens with two attached hydrogens (primary N) is 1. The lowest BCUT2D eigenvalue weighted by atomic mass is 10.0. The van der Waals surface area contributed by atoms with E-state index >= 15 is 0 Å². The topological polar surface area (TPSA) is 193 Å². The highest BCUT2D eigenvalue weighted by Gasteiger charge is 2.54. The van der Waals surface area contributed by atoms with Crippen LogP contribution in [0.1, 0.15) is 29.6 Å². The van der Waals surface area contributed by atoms with E-state index in [0.717, 1.165) is 35.4 Å². The molecule has 0 aromatic carbocycles. The molecular weight excluding hydrogens is 595 g/mol. The molecule has 0 saturated carbocycles. The highest BCUT2D eigenvalue weighted by Crippen LogP contribution is 2.40. The number of β-lactam (4-membered cyclic amide) rings is 1. The first-order valence-electron chi connectivity index (χ1n) is 12.5. The number of carboxylic acid groups (broad SMARTS) is 2. The molecule has 5 heterocycles. The number of carboxylic acids is 2. The second kappa shape index (κ2) is 10.5. The van der Waals surface area contributed by atoms with Crippen molar-refractivity contribution >= 4 is 73.9 Å². The molecule has 41 heavy (non-hydrogen) atoms. The second-order valence-corrected chi connectivity index (χ2v) is 12.8. The number of carbonyl (C=O) groups excluding carboxylic acids is 2. The third-order valence-electron chi connectivity index (χ3n) is 6.97. The summed E-state index contributed by atoms with van der Waals surface area (Å²) >= 11 is 4.13. The van der Waals surface area contributed by atoms with Crippen LogP contribution in [0.15, 0.2) is 34.3 Å². The number of hydrogen-bond acceptors (Lipinski definition) is 11. The first-order chi connectivity index (χ1) is 19.6. The number of thioether (sulfide) groups is 1. The molecule has 214 valence electrons. The molecule has 1 fully saturated rings. The van der Waals surface area contributed by atoms with Gasteiger partial charge in [0.15, 0.2) is 10.8 Å². The number of carbonyl (C=O) groups is 4. The van der Waals surface area contributed by atoms with Crippen molar-refractivity contribution in [1.82, 2.24) is 19.6 Å². The van der Waals surface area contributed by atoms with Gasteiger partial charge in [-0.25, -0.2) is 19.1 Å². The van der Waals surface area contributed by atoms with Crippen LogP contribution in [0, 0.1) is 0 Å². The molecule has 2 amide bonds. The van der Waals surface area contributed by atoms with Gasteiger partial charge in [0.1, 0.15) is 41.2 Å². The molecule has 3 aromatic rings. The molecule has 0 spiro atoms. The number of hydrogen-bond donors (Lipinski definition) is 4. The van der Waals surface area contributed by atoms with Gasteiger partial charge in [-0.3, -0.25) is 14.5 Å². The van der Waals surface area contributed by atoms with Gasteiger partial charge in [-0.05, 0) is 19.8 Å². The van der Waals surface area contributed by atoms with Crippen LogP contribution in [0.2, 0.25) is 0 Å². The highest BCUT2D eigenvalue weighted by molar-refractivity contribution is 8.00. The van der Waals surface area contributed by atoms with E-state index in [1.165, 1.54) is 39.5 Å². The number of imidazole rings is 1. The summed E-state index contributed by atoms with van der Waals surface area (Å²) in [6.45, 7) is 1.55. The number of oxime groups is 1. The highest BCUT2D eigenvalue weighted by atomic mass is 32.2. The molecule has 1 saturated heterocycles. The second-order valence-electron chi connectivity index (χ2n) is 9.67. The Hall–Kier alpha value is -3.96. The van der Waals surface area contributed by atoms with E-state index in [0.29, 0.717) is 17.9 Å². The largest absolute Gasteiger partial charge is 0.478 e. The van der Waals surface area contributed by atoms with E-state index in [-0.39, 0.29) is 22.2 Å². The van der Waals surface area contributed by atoms with E-state index in [1.807, 2.05) is 17.1 Å². The normalized spacial score (nSPS) is 21.0. The molecular formula is C24H24N7O7S3+. The molecule has 5 N–H and O–H groups in total. The molecule has 2 aliphatic heterocycles. The van der Waals surface area contributed by atoms with Crippen molar-refractivity contribution in [3.63, 3.8) is 0 Å². The maximum atomic E-state index is 13.2. The van der Waals surface area contributed by atoms with Crippen molar-refractivity contribution < 1.29 is 38.8 Å². The van der Waals surface area contributed by atoms with Gasteiger partial charge < -0.3 is 26.1 Å². The van der Waals surface area contributed by atoms with Crippen molar-refractivity contribution in [3.8, 4) is 0 Å². The van der Waals surface area contributed by atoms with E-state index in [2.05, 4.69) is 19.9 Å². The average molecular weight is 619 g/mol. The van der Waals surface area contributed by atoms with Crippen LogP contribution in [0.5, 0.6) is 0 Å². The number of amides is 2. The lowest BCUT2D eigenvalue weighted by Gasteiger charge is -2.49. The number of thiazole rings is 2. The number of aromatic nitrogens is 3. The number of fused-ring (bicyclic) bond motifs is 4. The van der Waals surface area contributed by atoms with E-state index < -0.39 is 41.3 Å². The summed E-state index contributed by atoms with van der Waals surface area (Å²) in [6, 6.07) is -1.03. The molecule has 0 radical (unpaired) electrons. The molecule has 0 bridgehead atoms. The molecule has 6 rings (SSSR count). The number of nitrogens with one attached hydrogen (secondary N) is 1. The Balaban J connectivity index is 1.20. The van der Waals surface area contributed by atoms with E-state index in [9.17, 15) is 24.3 Å². The van der Waals surface area contributed by atoms with Crippen molar-refractivity contribution in [3.05, 3.63) is 45.4 Å². The summed E-state index contributed by atoms with van der Waals surface area (Å²) in [5.74, 6) is -3.58. The van der Waals surface area contributed by atoms with Gasteiger partial charge in [-0.2, -0.15) is 4.40 Å². The predicted molar refractivity (Wildman–Crippen MR) is 148 cm³/mol. The lowest BCUT2D eigenvalue weighted by molar-refractivity contribution is -0.687. The van der Waals surface area contributed by atoms with Crippen LogP contribution in [0.4, 0.5) is 5.13 Å². The van der Waals surface area contributed by atoms with Crippen LogP contribution in [0.3, 0.4) is 0 Å². The van der Waals surface area contributed by atoms with Crippen molar-refractivity contribution in [2.75, 3.05) is 11.5 Å². The van der Waals surface area contributed by atoms with Gasteiger partial charge in [0.05, 0.1) is 4.88 Å². The Morgan fingerprint density at radius 1 is 1.34 bits per heavy atom. The Bertz CT molecular complexity index is 1670. The number of nitrogen functional groups attached to an aromatic ring is 1. The zero-order chi connectivity index (χ0) is 29.0. The van der Waals surface area contributed by atoms with E-state index in [4.69, 9.17) is 15.7 Å². The smallest absolute Gasteiger partial charge is 0.352 e. The summed E-state index contributed by atoms with van der Waals surface area (Å²) in [6.07, 6.45) is 5.86. The minimum absolute atomic E-state index is 0.0473. The summed E-state index contributed by atoms with van der Waals surface area (Å²) in [5.41, 5.74) is 7.18.